The molecule has 0 atom stereocenters. The summed E-state index contributed by atoms with van der Waals surface area (Å²) in [6, 6.07) is 10.0. The van der Waals surface area contributed by atoms with Crippen molar-refractivity contribution < 1.29 is 4.79 Å². The molecule has 0 radical (unpaired) electrons. The quantitative estimate of drug-likeness (QED) is 0.797. The van der Waals surface area contributed by atoms with Gasteiger partial charge in [-0.3, -0.25) is 4.79 Å². The molecule has 0 aliphatic carbocycles. The van der Waals surface area contributed by atoms with Crippen molar-refractivity contribution in [1.82, 2.24) is 19.8 Å². The van der Waals surface area contributed by atoms with Crippen molar-refractivity contribution in [2.24, 2.45) is 0 Å². The molecule has 0 spiro atoms. The van der Waals surface area contributed by atoms with Gasteiger partial charge in [0, 0.05) is 51.7 Å². The molecule has 0 N–H and O–H groups in total. The number of nitrogens with zero attached hydrogens (tertiary/aromatic N) is 5. The van der Waals surface area contributed by atoms with Crippen LogP contribution in [0.25, 0.3) is 0 Å². The molecule has 6 nitrogen and oxygen atoms in total. The molecule has 1 aliphatic heterocycles. The van der Waals surface area contributed by atoms with Crippen LogP contribution in [0, 0.1) is 0 Å². The molecule has 0 bridgehead atoms. The maximum Gasteiger partial charge on any atom is 0.257 e. The molecule has 26 heavy (non-hydrogen) atoms. The second-order valence-electron chi connectivity index (χ2n) is 6.50. The van der Waals surface area contributed by atoms with E-state index in [1.165, 1.54) is 0 Å². The van der Waals surface area contributed by atoms with E-state index < -0.39 is 0 Å². The van der Waals surface area contributed by atoms with Crippen LogP contribution in [0.5, 0.6) is 0 Å². The smallest absolute Gasteiger partial charge is 0.257 e. The molecule has 1 aromatic carbocycles. The highest BCUT2D eigenvalue weighted by Crippen LogP contribution is 2.13. The molecule has 138 valence electrons. The number of carbonyl (C=O) groups is 1. The van der Waals surface area contributed by atoms with Crippen molar-refractivity contribution >= 4 is 11.9 Å². The third-order valence-electron chi connectivity index (χ3n) is 4.87. The molecule has 2 heterocycles. The lowest BCUT2D eigenvalue weighted by molar-refractivity contribution is 0.0751. The molecule has 1 fully saturated rings. The summed E-state index contributed by atoms with van der Waals surface area (Å²) >= 11 is 0. The fourth-order valence-corrected chi connectivity index (χ4v) is 3.17. The van der Waals surface area contributed by atoms with Gasteiger partial charge in [-0.1, -0.05) is 37.3 Å². The lowest BCUT2D eigenvalue weighted by Crippen LogP contribution is -2.46. The Balaban J connectivity index is 1.64. The van der Waals surface area contributed by atoms with Crippen LogP contribution in [0.4, 0.5) is 5.95 Å². The number of carbonyl (C=O) groups excluding carboxylic acids is 1. The number of likely N-dealkylation sites (N-methyl/N-ethyl adjacent to an activating group) is 1. The van der Waals surface area contributed by atoms with Crippen LogP contribution in [-0.2, 0) is 6.54 Å². The van der Waals surface area contributed by atoms with E-state index in [2.05, 4.69) is 26.7 Å². The predicted octanol–water partition coefficient (Wildman–Crippen LogP) is 2.28. The van der Waals surface area contributed by atoms with Crippen LogP contribution < -0.4 is 4.90 Å². The summed E-state index contributed by atoms with van der Waals surface area (Å²) in [6.07, 6.45) is 3.31. The molecule has 6 heteroatoms. The number of aromatic nitrogens is 2. The summed E-state index contributed by atoms with van der Waals surface area (Å²) < 4.78 is 0. The Morgan fingerprint density at radius 3 is 2.27 bits per heavy atom. The van der Waals surface area contributed by atoms with Gasteiger partial charge in [-0.05, 0) is 19.0 Å². The van der Waals surface area contributed by atoms with Crippen LogP contribution in [-0.4, -0.2) is 64.9 Å². The van der Waals surface area contributed by atoms with E-state index in [9.17, 15) is 4.79 Å². The van der Waals surface area contributed by atoms with Crippen LogP contribution >= 0.6 is 0 Å². The van der Waals surface area contributed by atoms with Gasteiger partial charge in [-0.15, -0.1) is 0 Å². The normalized spacial score (nSPS) is 15.1. The van der Waals surface area contributed by atoms with E-state index in [4.69, 9.17) is 0 Å². The second-order valence-corrected chi connectivity index (χ2v) is 6.50. The van der Waals surface area contributed by atoms with Crippen molar-refractivity contribution in [2.45, 2.75) is 20.4 Å². The van der Waals surface area contributed by atoms with Crippen LogP contribution in [0.3, 0.4) is 0 Å². The number of amides is 1. The van der Waals surface area contributed by atoms with Crippen molar-refractivity contribution in [3.63, 3.8) is 0 Å². The Morgan fingerprint density at radius 1 is 1.04 bits per heavy atom. The first-order chi connectivity index (χ1) is 12.7. The Hall–Kier alpha value is -2.47. The molecular weight excluding hydrogens is 326 g/mol. The maximum absolute atomic E-state index is 12.8. The zero-order valence-electron chi connectivity index (χ0n) is 15.6. The largest absolute Gasteiger partial charge is 0.338 e. The Morgan fingerprint density at radius 2 is 1.69 bits per heavy atom. The third-order valence-corrected chi connectivity index (χ3v) is 4.87. The van der Waals surface area contributed by atoms with E-state index in [1.807, 2.05) is 42.2 Å². The first-order valence-corrected chi connectivity index (χ1v) is 9.33. The summed E-state index contributed by atoms with van der Waals surface area (Å²) in [6.45, 7) is 10.4. The summed E-state index contributed by atoms with van der Waals surface area (Å²) in [4.78, 5) is 28.1. The summed E-state index contributed by atoms with van der Waals surface area (Å²) in [5, 5.41) is 0. The van der Waals surface area contributed by atoms with Gasteiger partial charge in [0.2, 0.25) is 5.95 Å². The molecule has 1 aliphatic rings. The number of hydrogen-bond acceptors (Lipinski definition) is 5. The number of piperazine rings is 1. The van der Waals surface area contributed by atoms with E-state index in [-0.39, 0.29) is 5.91 Å². The number of anilines is 1. The topological polar surface area (TPSA) is 52.6 Å². The van der Waals surface area contributed by atoms with Crippen molar-refractivity contribution in [3.8, 4) is 0 Å². The summed E-state index contributed by atoms with van der Waals surface area (Å²) in [7, 11) is 0. The molecule has 1 saturated heterocycles. The highest BCUT2D eigenvalue weighted by atomic mass is 16.2. The fourth-order valence-electron chi connectivity index (χ4n) is 3.17. The number of hydrogen-bond donors (Lipinski definition) is 0. The average molecular weight is 353 g/mol. The van der Waals surface area contributed by atoms with Crippen LogP contribution in [0.2, 0.25) is 0 Å². The van der Waals surface area contributed by atoms with E-state index in [0.29, 0.717) is 24.6 Å². The standard InChI is InChI=1S/C20H27N5O/c1-3-23-10-12-25(13-11-23)20-21-14-18(15-22-20)19(26)24(4-2)16-17-8-6-5-7-9-17/h5-9,14-15H,3-4,10-13,16H2,1-2H3. The highest BCUT2D eigenvalue weighted by Gasteiger charge is 2.19. The van der Waals surface area contributed by atoms with Crippen LogP contribution in [0.1, 0.15) is 29.8 Å². The van der Waals surface area contributed by atoms with Gasteiger partial charge in [-0.2, -0.15) is 0 Å². The third kappa shape index (κ3) is 4.38. The van der Waals surface area contributed by atoms with Gasteiger partial charge >= 0.3 is 0 Å². The molecular formula is C20H27N5O. The Kier molecular flexibility index (Phi) is 6.17. The minimum Gasteiger partial charge on any atom is -0.338 e. The molecule has 2 aromatic rings. The molecule has 1 amide bonds. The maximum atomic E-state index is 12.8. The first kappa shape index (κ1) is 18.3. The monoisotopic (exact) mass is 353 g/mol. The lowest BCUT2D eigenvalue weighted by atomic mass is 10.2. The van der Waals surface area contributed by atoms with Crippen LogP contribution in [0.15, 0.2) is 42.7 Å². The highest BCUT2D eigenvalue weighted by molar-refractivity contribution is 5.93. The van der Waals surface area contributed by atoms with Gasteiger partial charge in [0.05, 0.1) is 5.56 Å². The lowest BCUT2D eigenvalue weighted by Gasteiger charge is -2.34. The molecule has 3 rings (SSSR count). The second kappa shape index (κ2) is 8.76. The summed E-state index contributed by atoms with van der Waals surface area (Å²) in [5.74, 6) is 0.683. The number of rotatable bonds is 6. The van der Waals surface area contributed by atoms with Gasteiger partial charge in [-0.25, -0.2) is 9.97 Å². The zero-order chi connectivity index (χ0) is 18.4. The summed E-state index contributed by atoms with van der Waals surface area (Å²) in [5.41, 5.74) is 1.66. The van der Waals surface area contributed by atoms with Gasteiger partial charge in [0.15, 0.2) is 0 Å². The van der Waals surface area contributed by atoms with E-state index in [1.54, 1.807) is 12.4 Å². The minimum atomic E-state index is -0.0290. The van der Waals surface area contributed by atoms with E-state index >= 15 is 0 Å². The molecule has 0 unspecified atom stereocenters. The minimum absolute atomic E-state index is 0.0290. The van der Waals surface area contributed by atoms with Gasteiger partial charge in [0.1, 0.15) is 0 Å². The molecule has 1 aromatic heterocycles. The Bertz CT molecular complexity index is 696. The Labute approximate surface area is 155 Å². The van der Waals surface area contributed by atoms with Gasteiger partial charge in [0.25, 0.3) is 5.91 Å². The van der Waals surface area contributed by atoms with E-state index in [0.717, 1.165) is 38.3 Å². The van der Waals surface area contributed by atoms with Crippen molar-refractivity contribution in [1.29, 1.82) is 0 Å². The zero-order valence-corrected chi connectivity index (χ0v) is 15.6. The predicted molar refractivity (Wildman–Crippen MR) is 103 cm³/mol. The molecule has 0 saturated carbocycles. The van der Waals surface area contributed by atoms with Crippen molar-refractivity contribution in [2.75, 3.05) is 44.2 Å². The van der Waals surface area contributed by atoms with Crippen molar-refractivity contribution in [3.05, 3.63) is 53.9 Å². The average Bonchev–Trinajstić information content (AvgIpc) is 2.72. The number of benzene rings is 1. The van der Waals surface area contributed by atoms with Gasteiger partial charge < -0.3 is 14.7 Å². The fraction of sp³-hybridized carbons (Fsp3) is 0.450. The SMILES string of the molecule is CCN1CCN(c2ncc(C(=O)N(CC)Cc3ccccc3)cn2)CC1. The first-order valence-electron chi connectivity index (χ1n) is 9.33.